The minimum absolute atomic E-state index is 0.188. The van der Waals surface area contributed by atoms with E-state index in [9.17, 15) is 18.0 Å². The molecule has 3 rings (SSSR count). The van der Waals surface area contributed by atoms with Crippen LogP contribution in [0.25, 0.3) is 0 Å². The lowest BCUT2D eigenvalue weighted by atomic mass is 9.97. The second-order valence-corrected chi connectivity index (χ2v) is 9.66. The van der Waals surface area contributed by atoms with Crippen LogP contribution >= 0.6 is 0 Å². The molecule has 2 saturated heterocycles. The Balaban J connectivity index is 1.62. The highest BCUT2D eigenvalue weighted by molar-refractivity contribution is 7.89. The normalized spacial score (nSPS) is 22.0. The van der Waals surface area contributed by atoms with Crippen molar-refractivity contribution in [1.82, 2.24) is 9.21 Å². The summed E-state index contributed by atoms with van der Waals surface area (Å²) in [5.74, 6) is 0.0425. The molecule has 8 nitrogen and oxygen atoms in total. The number of carbonyl (C=O) groups excluding carboxylic acids is 2. The molecule has 0 aromatic heterocycles. The minimum Gasteiger partial charge on any atom is -0.351 e. The van der Waals surface area contributed by atoms with Gasteiger partial charge in [0, 0.05) is 31.9 Å². The fourth-order valence-electron chi connectivity index (χ4n) is 3.72. The molecule has 0 bridgehead atoms. The van der Waals surface area contributed by atoms with Gasteiger partial charge >= 0.3 is 6.03 Å². The van der Waals surface area contributed by atoms with E-state index in [1.54, 1.807) is 12.1 Å². The number of urea groups is 1. The van der Waals surface area contributed by atoms with E-state index in [2.05, 4.69) is 12.2 Å². The Hall–Kier alpha value is -2.13. The third-order valence-corrected chi connectivity index (χ3v) is 7.52. The van der Waals surface area contributed by atoms with Crippen LogP contribution < -0.4 is 11.1 Å². The molecular weight excluding hydrogens is 380 g/mol. The molecule has 0 saturated carbocycles. The van der Waals surface area contributed by atoms with Crippen LogP contribution in [0.1, 0.15) is 32.6 Å². The SMILES string of the molecule is CC1CCN(S(=O)(=O)c2ccc(NC(=O)[C@@H]3CCCN(C(N)=O)C3)cc2)CC1. The summed E-state index contributed by atoms with van der Waals surface area (Å²) in [4.78, 5) is 25.5. The van der Waals surface area contributed by atoms with Gasteiger partial charge in [-0.15, -0.1) is 0 Å². The van der Waals surface area contributed by atoms with E-state index in [-0.39, 0.29) is 16.7 Å². The predicted octanol–water partition coefficient (Wildman–Crippen LogP) is 1.84. The van der Waals surface area contributed by atoms with E-state index in [0.717, 1.165) is 19.3 Å². The highest BCUT2D eigenvalue weighted by atomic mass is 32.2. The molecule has 0 radical (unpaired) electrons. The smallest absolute Gasteiger partial charge is 0.314 e. The summed E-state index contributed by atoms with van der Waals surface area (Å²) in [5, 5.41) is 2.81. The monoisotopic (exact) mass is 408 g/mol. The zero-order valence-corrected chi connectivity index (χ0v) is 17.0. The van der Waals surface area contributed by atoms with Gasteiger partial charge in [0.1, 0.15) is 0 Å². The van der Waals surface area contributed by atoms with Crippen molar-refractivity contribution in [3.63, 3.8) is 0 Å². The van der Waals surface area contributed by atoms with Gasteiger partial charge in [-0.05, 0) is 55.9 Å². The van der Waals surface area contributed by atoms with E-state index in [1.165, 1.54) is 21.3 Å². The van der Waals surface area contributed by atoms with Gasteiger partial charge in [-0.2, -0.15) is 4.31 Å². The molecule has 3 amide bonds. The van der Waals surface area contributed by atoms with Crippen LogP contribution in [-0.4, -0.2) is 55.7 Å². The number of hydrogen-bond acceptors (Lipinski definition) is 4. The standard InChI is InChI=1S/C19H28N4O4S/c1-14-8-11-23(12-9-14)28(26,27)17-6-4-16(5-7-17)21-18(24)15-3-2-10-22(13-15)19(20)25/h4-7,14-15H,2-3,8-13H2,1H3,(H2,20,25)(H,21,24)/t15-/m1/s1. The Morgan fingerprint density at radius 3 is 2.32 bits per heavy atom. The van der Waals surface area contributed by atoms with Crippen molar-refractivity contribution in [3.8, 4) is 0 Å². The number of nitrogens with one attached hydrogen (secondary N) is 1. The highest BCUT2D eigenvalue weighted by Crippen LogP contribution is 2.25. The summed E-state index contributed by atoms with van der Waals surface area (Å²) in [6.07, 6.45) is 3.16. The van der Waals surface area contributed by atoms with Crippen LogP contribution in [0.3, 0.4) is 0 Å². The van der Waals surface area contributed by atoms with E-state index >= 15 is 0 Å². The van der Waals surface area contributed by atoms with Gasteiger partial charge in [-0.3, -0.25) is 4.79 Å². The number of nitrogens with two attached hydrogens (primary N) is 1. The molecule has 2 fully saturated rings. The summed E-state index contributed by atoms with van der Waals surface area (Å²) < 4.78 is 27.1. The number of anilines is 1. The molecular formula is C19H28N4O4S. The van der Waals surface area contributed by atoms with Crippen molar-refractivity contribution in [2.75, 3.05) is 31.5 Å². The van der Waals surface area contributed by atoms with Gasteiger partial charge in [0.25, 0.3) is 0 Å². The van der Waals surface area contributed by atoms with Gasteiger partial charge in [0.05, 0.1) is 10.8 Å². The molecule has 0 unspecified atom stereocenters. The van der Waals surface area contributed by atoms with Gasteiger partial charge in [0.15, 0.2) is 0 Å². The largest absolute Gasteiger partial charge is 0.351 e. The maximum Gasteiger partial charge on any atom is 0.314 e. The van der Waals surface area contributed by atoms with Crippen LogP contribution in [0.4, 0.5) is 10.5 Å². The summed E-state index contributed by atoms with van der Waals surface area (Å²) in [7, 11) is -3.51. The minimum atomic E-state index is -3.51. The van der Waals surface area contributed by atoms with Crippen LogP contribution in [0, 0.1) is 11.8 Å². The van der Waals surface area contributed by atoms with E-state index in [4.69, 9.17) is 5.73 Å². The number of likely N-dealkylation sites (tertiary alicyclic amines) is 1. The molecule has 28 heavy (non-hydrogen) atoms. The lowest BCUT2D eigenvalue weighted by molar-refractivity contribution is -0.121. The maximum atomic E-state index is 12.8. The average molecular weight is 409 g/mol. The lowest BCUT2D eigenvalue weighted by Crippen LogP contribution is -2.46. The molecule has 0 spiro atoms. The number of primary amides is 1. The second kappa shape index (κ2) is 8.48. The van der Waals surface area contributed by atoms with Gasteiger partial charge in [0.2, 0.25) is 15.9 Å². The third kappa shape index (κ3) is 4.64. The van der Waals surface area contributed by atoms with Gasteiger partial charge < -0.3 is 16.0 Å². The summed E-state index contributed by atoms with van der Waals surface area (Å²) >= 11 is 0. The van der Waals surface area contributed by atoms with Gasteiger partial charge in [-0.1, -0.05) is 6.92 Å². The first-order valence-corrected chi connectivity index (χ1v) is 11.2. The average Bonchev–Trinajstić information content (AvgIpc) is 2.69. The first kappa shape index (κ1) is 20.6. The molecule has 1 aromatic carbocycles. The number of benzene rings is 1. The van der Waals surface area contributed by atoms with Crippen molar-refractivity contribution < 1.29 is 18.0 Å². The van der Waals surface area contributed by atoms with Crippen LogP contribution in [0.2, 0.25) is 0 Å². The molecule has 2 aliphatic heterocycles. The first-order valence-electron chi connectivity index (χ1n) is 9.73. The van der Waals surface area contributed by atoms with Crippen molar-refractivity contribution >= 4 is 27.6 Å². The molecule has 3 N–H and O–H groups in total. The number of amides is 3. The van der Waals surface area contributed by atoms with E-state index in [1.807, 2.05) is 0 Å². The van der Waals surface area contributed by atoms with Crippen molar-refractivity contribution in [2.24, 2.45) is 17.6 Å². The van der Waals surface area contributed by atoms with E-state index < -0.39 is 16.1 Å². The Morgan fingerprint density at radius 2 is 1.71 bits per heavy atom. The Kier molecular flexibility index (Phi) is 6.24. The summed E-state index contributed by atoms with van der Waals surface area (Å²) in [5.41, 5.74) is 5.84. The number of nitrogens with zero attached hydrogens (tertiary/aromatic N) is 2. The zero-order chi connectivity index (χ0) is 20.3. The fourth-order valence-corrected chi connectivity index (χ4v) is 5.19. The highest BCUT2D eigenvalue weighted by Gasteiger charge is 2.29. The Morgan fingerprint density at radius 1 is 1.07 bits per heavy atom. The third-order valence-electron chi connectivity index (χ3n) is 5.61. The quantitative estimate of drug-likeness (QED) is 0.791. The number of sulfonamides is 1. The molecule has 1 atom stereocenters. The lowest BCUT2D eigenvalue weighted by Gasteiger charge is -2.30. The number of piperidine rings is 2. The topological polar surface area (TPSA) is 113 Å². The van der Waals surface area contributed by atoms with Crippen molar-refractivity contribution in [1.29, 1.82) is 0 Å². The van der Waals surface area contributed by atoms with Crippen LogP contribution in [0.15, 0.2) is 29.2 Å². The summed E-state index contributed by atoms with van der Waals surface area (Å²) in [6, 6.07) is 5.75. The van der Waals surface area contributed by atoms with Gasteiger partial charge in [-0.25, -0.2) is 13.2 Å². The zero-order valence-electron chi connectivity index (χ0n) is 16.1. The fraction of sp³-hybridized carbons (Fsp3) is 0.579. The van der Waals surface area contributed by atoms with Crippen LogP contribution in [0.5, 0.6) is 0 Å². The maximum absolute atomic E-state index is 12.8. The number of hydrogen-bond donors (Lipinski definition) is 2. The molecule has 0 aliphatic carbocycles. The van der Waals surface area contributed by atoms with E-state index in [0.29, 0.717) is 44.2 Å². The number of carbonyl (C=O) groups is 2. The molecule has 2 heterocycles. The molecule has 1 aromatic rings. The second-order valence-electron chi connectivity index (χ2n) is 7.72. The molecule has 154 valence electrons. The Labute approximate surface area is 166 Å². The van der Waals surface area contributed by atoms with Crippen LogP contribution in [-0.2, 0) is 14.8 Å². The number of rotatable bonds is 4. The molecule has 2 aliphatic rings. The predicted molar refractivity (Wildman–Crippen MR) is 106 cm³/mol. The molecule has 9 heteroatoms. The summed E-state index contributed by atoms with van der Waals surface area (Å²) in [6.45, 7) is 4.10. The van der Waals surface area contributed by atoms with Crippen molar-refractivity contribution in [3.05, 3.63) is 24.3 Å². The Bertz CT molecular complexity index is 817. The van der Waals surface area contributed by atoms with Crippen molar-refractivity contribution in [2.45, 2.75) is 37.5 Å². The first-order chi connectivity index (χ1) is 13.3.